The second kappa shape index (κ2) is 6.29. The summed E-state index contributed by atoms with van der Waals surface area (Å²) in [4.78, 5) is 11.7. The third-order valence-corrected chi connectivity index (χ3v) is 3.31. The van der Waals surface area contributed by atoms with Crippen LogP contribution in [0.2, 0.25) is 0 Å². The third-order valence-electron chi connectivity index (χ3n) is 2.81. The molecule has 1 aromatic rings. The van der Waals surface area contributed by atoms with E-state index in [-0.39, 0.29) is 18.3 Å². The maximum absolute atomic E-state index is 13.4. The highest BCUT2D eigenvalue weighted by Gasteiger charge is 2.25. The molecule has 100 valence electrons. The van der Waals surface area contributed by atoms with Crippen molar-refractivity contribution >= 4 is 21.8 Å². The number of rotatable bonds is 5. The average molecular weight is 317 g/mol. The number of hydrogen-bond donors (Lipinski definition) is 2. The van der Waals surface area contributed by atoms with E-state index in [0.717, 1.165) is 4.47 Å². The molecule has 0 fully saturated rings. The van der Waals surface area contributed by atoms with Crippen LogP contribution in [-0.4, -0.2) is 19.0 Å². The fourth-order valence-corrected chi connectivity index (χ4v) is 1.79. The van der Waals surface area contributed by atoms with Crippen LogP contribution in [0.1, 0.15) is 19.4 Å². The Bertz CT molecular complexity index is 435. The van der Waals surface area contributed by atoms with E-state index in [1.807, 2.05) is 0 Å². The molecule has 1 aromatic carbocycles. The predicted octanol–water partition coefficient (Wildman–Crippen LogP) is 2.23. The minimum absolute atomic E-state index is 0.111. The molecular formula is C13H18BrFN2O. The summed E-state index contributed by atoms with van der Waals surface area (Å²) in [6, 6.07) is 4.77. The smallest absolute Gasteiger partial charge is 0.226 e. The maximum atomic E-state index is 13.4. The molecule has 0 aromatic heterocycles. The Balaban J connectivity index is 2.52. The number of carbonyl (C=O) groups is 1. The lowest BCUT2D eigenvalue weighted by Crippen LogP contribution is -2.42. The van der Waals surface area contributed by atoms with E-state index in [4.69, 9.17) is 5.73 Å². The first-order chi connectivity index (χ1) is 8.36. The molecule has 0 saturated heterocycles. The number of carbonyl (C=O) groups excluding carboxylic acids is 1. The third kappa shape index (κ3) is 4.07. The first-order valence-corrected chi connectivity index (χ1v) is 6.58. The van der Waals surface area contributed by atoms with E-state index in [1.54, 1.807) is 26.0 Å². The molecule has 3 N–H and O–H groups in total. The van der Waals surface area contributed by atoms with Crippen molar-refractivity contribution in [2.45, 2.75) is 20.3 Å². The van der Waals surface area contributed by atoms with Gasteiger partial charge >= 0.3 is 0 Å². The summed E-state index contributed by atoms with van der Waals surface area (Å²) in [5.41, 5.74) is 5.50. The van der Waals surface area contributed by atoms with Gasteiger partial charge in [0.2, 0.25) is 5.91 Å². The second-order valence-corrected chi connectivity index (χ2v) is 5.75. The van der Waals surface area contributed by atoms with Crippen LogP contribution in [0.5, 0.6) is 0 Å². The van der Waals surface area contributed by atoms with E-state index in [9.17, 15) is 9.18 Å². The topological polar surface area (TPSA) is 55.1 Å². The standard InChI is InChI=1S/C13H18BrFN2O/c1-13(2,8-16)12(18)17-6-5-9-7-10(14)3-4-11(9)15/h3-4,7H,5-6,8,16H2,1-2H3,(H,17,18). The second-order valence-electron chi connectivity index (χ2n) is 4.83. The van der Waals surface area contributed by atoms with Crippen LogP contribution in [0.4, 0.5) is 4.39 Å². The van der Waals surface area contributed by atoms with Crippen molar-refractivity contribution in [1.29, 1.82) is 0 Å². The highest BCUT2D eigenvalue weighted by molar-refractivity contribution is 9.10. The highest BCUT2D eigenvalue weighted by Crippen LogP contribution is 2.16. The lowest BCUT2D eigenvalue weighted by molar-refractivity contribution is -0.128. The molecule has 0 aliphatic heterocycles. The number of nitrogens with two attached hydrogens (primary N) is 1. The molecule has 0 radical (unpaired) electrons. The Morgan fingerprint density at radius 1 is 1.50 bits per heavy atom. The van der Waals surface area contributed by atoms with Gasteiger partial charge in [-0.3, -0.25) is 4.79 Å². The van der Waals surface area contributed by atoms with Gasteiger partial charge in [0.05, 0.1) is 5.41 Å². The number of nitrogens with one attached hydrogen (secondary N) is 1. The zero-order chi connectivity index (χ0) is 13.8. The van der Waals surface area contributed by atoms with Crippen LogP contribution in [0.15, 0.2) is 22.7 Å². The summed E-state index contributed by atoms with van der Waals surface area (Å²) in [5, 5.41) is 2.77. The zero-order valence-electron chi connectivity index (χ0n) is 10.6. The maximum Gasteiger partial charge on any atom is 0.226 e. The molecule has 0 aliphatic carbocycles. The molecule has 18 heavy (non-hydrogen) atoms. The first kappa shape index (κ1) is 15.1. The summed E-state index contributed by atoms with van der Waals surface area (Å²) in [6.45, 7) is 4.24. The Kier molecular flexibility index (Phi) is 5.28. The van der Waals surface area contributed by atoms with Gasteiger partial charge in [0, 0.05) is 17.6 Å². The molecule has 5 heteroatoms. The largest absolute Gasteiger partial charge is 0.355 e. The van der Waals surface area contributed by atoms with Gasteiger partial charge in [-0.15, -0.1) is 0 Å². The fraction of sp³-hybridized carbons (Fsp3) is 0.462. The van der Waals surface area contributed by atoms with Gasteiger partial charge in [-0.05, 0) is 44.0 Å². The van der Waals surface area contributed by atoms with Gasteiger partial charge in [-0.25, -0.2) is 4.39 Å². The molecule has 0 saturated carbocycles. The summed E-state index contributed by atoms with van der Waals surface area (Å²) in [6.07, 6.45) is 0.456. The summed E-state index contributed by atoms with van der Waals surface area (Å²) >= 11 is 3.29. The van der Waals surface area contributed by atoms with Crippen molar-refractivity contribution < 1.29 is 9.18 Å². The van der Waals surface area contributed by atoms with Crippen molar-refractivity contribution in [2.75, 3.05) is 13.1 Å². The van der Waals surface area contributed by atoms with Crippen LogP contribution in [-0.2, 0) is 11.2 Å². The van der Waals surface area contributed by atoms with Gasteiger partial charge in [-0.1, -0.05) is 15.9 Å². The minimum Gasteiger partial charge on any atom is -0.355 e. The van der Waals surface area contributed by atoms with Gasteiger partial charge < -0.3 is 11.1 Å². The van der Waals surface area contributed by atoms with Crippen LogP contribution in [0.3, 0.4) is 0 Å². The Hall–Kier alpha value is -0.940. The van der Waals surface area contributed by atoms with Crippen molar-refractivity contribution in [3.63, 3.8) is 0 Å². The lowest BCUT2D eigenvalue weighted by Gasteiger charge is -2.21. The molecule has 0 bridgehead atoms. The SMILES string of the molecule is CC(C)(CN)C(=O)NCCc1cc(Br)ccc1F. The highest BCUT2D eigenvalue weighted by atomic mass is 79.9. The lowest BCUT2D eigenvalue weighted by atomic mass is 9.92. The molecule has 3 nitrogen and oxygen atoms in total. The van der Waals surface area contributed by atoms with Gasteiger partial charge in [0.1, 0.15) is 5.82 Å². The molecule has 0 heterocycles. The number of benzene rings is 1. The van der Waals surface area contributed by atoms with Crippen LogP contribution < -0.4 is 11.1 Å². The fourth-order valence-electron chi connectivity index (χ4n) is 1.38. The number of halogens is 2. The molecule has 0 aliphatic rings. The Morgan fingerprint density at radius 2 is 2.17 bits per heavy atom. The van der Waals surface area contributed by atoms with E-state index >= 15 is 0 Å². The molecule has 0 atom stereocenters. The number of amides is 1. The normalized spacial score (nSPS) is 11.4. The Labute approximate surface area is 115 Å². The summed E-state index contributed by atoms with van der Waals surface area (Å²) < 4.78 is 14.3. The zero-order valence-corrected chi connectivity index (χ0v) is 12.2. The molecular weight excluding hydrogens is 299 g/mol. The average Bonchev–Trinajstić information content (AvgIpc) is 2.33. The quantitative estimate of drug-likeness (QED) is 0.875. The molecule has 1 amide bonds. The number of hydrogen-bond acceptors (Lipinski definition) is 2. The van der Waals surface area contributed by atoms with Gasteiger partial charge in [0.15, 0.2) is 0 Å². The van der Waals surface area contributed by atoms with Crippen molar-refractivity contribution in [3.8, 4) is 0 Å². The Morgan fingerprint density at radius 3 is 2.78 bits per heavy atom. The minimum atomic E-state index is -0.587. The van der Waals surface area contributed by atoms with Gasteiger partial charge in [-0.2, -0.15) is 0 Å². The van der Waals surface area contributed by atoms with E-state index in [0.29, 0.717) is 18.5 Å². The first-order valence-electron chi connectivity index (χ1n) is 5.79. The van der Waals surface area contributed by atoms with Crippen molar-refractivity contribution in [3.05, 3.63) is 34.1 Å². The van der Waals surface area contributed by atoms with Crippen LogP contribution in [0, 0.1) is 11.2 Å². The molecule has 1 rings (SSSR count). The summed E-state index contributed by atoms with van der Waals surface area (Å²) in [5.74, 6) is -0.370. The summed E-state index contributed by atoms with van der Waals surface area (Å²) in [7, 11) is 0. The molecule has 0 spiro atoms. The van der Waals surface area contributed by atoms with Crippen LogP contribution >= 0.6 is 15.9 Å². The van der Waals surface area contributed by atoms with E-state index in [2.05, 4.69) is 21.2 Å². The van der Waals surface area contributed by atoms with E-state index < -0.39 is 5.41 Å². The van der Waals surface area contributed by atoms with Gasteiger partial charge in [0.25, 0.3) is 0 Å². The molecule has 0 unspecified atom stereocenters. The van der Waals surface area contributed by atoms with Crippen molar-refractivity contribution in [1.82, 2.24) is 5.32 Å². The van der Waals surface area contributed by atoms with E-state index in [1.165, 1.54) is 6.07 Å². The van der Waals surface area contributed by atoms with Crippen LogP contribution in [0.25, 0.3) is 0 Å². The monoisotopic (exact) mass is 316 g/mol. The predicted molar refractivity (Wildman–Crippen MR) is 73.6 cm³/mol. The van der Waals surface area contributed by atoms with Crippen molar-refractivity contribution in [2.24, 2.45) is 11.1 Å².